The minimum Gasteiger partial charge on any atom is -0.305 e. The highest BCUT2D eigenvalue weighted by Crippen LogP contribution is 2.57. The van der Waals surface area contributed by atoms with Gasteiger partial charge in [0.2, 0.25) is 0 Å². The maximum atomic E-state index is 12.9. The van der Waals surface area contributed by atoms with Gasteiger partial charge in [0.05, 0.1) is 4.75 Å². The molecule has 1 aromatic rings. The Labute approximate surface area is 117 Å². The molecule has 0 aromatic heterocycles. The van der Waals surface area contributed by atoms with E-state index in [1.165, 1.54) is 38.5 Å². The normalized spacial score (nSPS) is 41.2. The molecule has 1 N–H and O–H groups in total. The molecule has 1 atom stereocenters. The minimum absolute atomic E-state index is 0.0740. The molecule has 0 aliphatic heterocycles. The lowest BCUT2D eigenvalue weighted by Crippen LogP contribution is -2.54. The lowest BCUT2D eigenvalue weighted by Gasteiger charge is -2.55. The summed E-state index contributed by atoms with van der Waals surface area (Å²) in [5.74, 6) is 2.56. The van der Waals surface area contributed by atoms with E-state index in [-0.39, 0.29) is 4.75 Å². The molecule has 102 valence electrons. The monoisotopic (exact) mass is 275 g/mol. The molecule has 0 spiro atoms. The first-order valence-corrected chi connectivity index (χ1v) is 8.62. The Balaban J connectivity index is 1.56. The first-order chi connectivity index (χ1) is 9.23. The van der Waals surface area contributed by atoms with E-state index in [1.54, 1.807) is 0 Å². The minimum atomic E-state index is -0.926. The van der Waals surface area contributed by atoms with Gasteiger partial charge in [0.1, 0.15) is 11.0 Å². The van der Waals surface area contributed by atoms with Crippen LogP contribution < -0.4 is 4.72 Å². The molecular weight excluding hydrogens is 254 g/mol. The van der Waals surface area contributed by atoms with Gasteiger partial charge in [-0.15, -0.1) is 0 Å². The van der Waals surface area contributed by atoms with Crippen LogP contribution in [0.1, 0.15) is 38.5 Å². The number of rotatable bonds is 3. The van der Waals surface area contributed by atoms with Crippen LogP contribution >= 0.6 is 0 Å². The zero-order valence-electron chi connectivity index (χ0n) is 11.2. The Morgan fingerprint density at radius 2 is 1.47 bits per heavy atom. The van der Waals surface area contributed by atoms with E-state index < -0.39 is 11.0 Å². The number of anilines is 1. The Bertz CT molecular complexity index is 463. The van der Waals surface area contributed by atoms with Crippen molar-refractivity contribution in [3.8, 4) is 0 Å². The summed E-state index contributed by atoms with van der Waals surface area (Å²) in [6, 6.07) is 10.0. The summed E-state index contributed by atoms with van der Waals surface area (Å²) in [4.78, 5) is 0. The summed E-state index contributed by atoms with van der Waals surface area (Å²) in [6.07, 6.45) is 7.77. The van der Waals surface area contributed by atoms with Gasteiger partial charge in [0.15, 0.2) is 0 Å². The van der Waals surface area contributed by atoms with Crippen molar-refractivity contribution in [2.75, 3.05) is 4.72 Å². The molecule has 0 radical (unpaired) electrons. The molecule has 4 aliphatic rings. The smallest absolute Gasteiger partial charge is 0.123 e. The van der Waals surface area contributed by atoms with Crippen molar-refractivity contribution in [2.45, 2.75) is 43.3 Å². The Morgan fingerprint density at radius 3 is 2.00 bits per heavy atom. The first-order valence-electron chi connectivity index (χ1n) is 7.47. The third-order valence-corrected chi connectivity index (χ3v) is 7.07. The molecular formula is C16H21NOS. The molecule has 4 aliphatic carbocycles. The summed E-state index contributed by atoms with van der Waals surface area (Å²) in [5, 5.41) is 0. The quantitative estimate of drug-likeness (QED) is 0.894. The number of para-hydroxylation sites is 1. The molecule has 4 saturated carbocycles. The molecule has 0 heterocycles. The molecule has 1 aromatic carbocycles. The standard InChI is InChI=1S/C16H21NOS/c18-19(17-15-4-2-1-3-5-15)16-9-12-6-13(10-16)8-14(7-12)11-16/h1-5,12-14,17H,6-11H2/t12?,13?,14?,16?,19-/m0/s1. The third kappa shape index (κ3) is 2.03. The van der Waals surface area contributed by atoms with Gasteiger partial charge in [0.25, 0.3) is 0 Å². The number of benzene rings is 1. The number of nitrogens with one attached hydrogen (secondary N) is 1. The van der Waals surface area contributed by atoms with E-state index >= 15 is 0 Å². The molecule has 4 bridgehead atoms. The first kappa shape index (κ1) is 12.0. The van der Waals surface area contributed by atoms with Crippen LogP contribution in [0.5, 0.6) is 0 Å². The number of hydrogen-bond donors (Lipinski definition) is 1. The van der Waals surface area contributed by atoms with Crippen molar-refractivity contribution in [3.63, 3.8) is 0 Å². The summed E-state index contributed by atoms with van der Waals surface area (Å²) in [5.41, 5.74) is 0.997. The van der Waals surface area contributed by atoms with Gasteiger partial charge in [0, 0.05) is 5.69 Å². The van der Waals surface area contributed by atoms with E-state index in [9.17, 15) is 4.21 Å². The van der Waals surface area contributed by atoms with Crippen LogP contribution in [0.15, 0.2) is 30.3 Å². The fourth-order valence-corrected chi connectivity index (χ4v) is 6.71. The van der Waals surface area contributed by atoms with Crippen molar-refractivity contribution >= 4 is 16.7 Å². The van der Waals surface area contributed by atoms with Crippen molar-refractivity contribution in [3.05, 3.63) is 30.3 Å². The molecule has 0 unspecified atom stereocenters. The molecule has 3 heteroatoms. The fraction of sp³-hybridized carbons (Fsp3) is 0.625. The van der Waals surface area contributed by atoms with E-state index in [0.717, 1.165) is 23.4 Å². The van der Waals surface area contributed by atoms with Crippen molar-refractivity contribution in [1.82, 2.24) is 0 Å². The summed E-state index contributed by atoms with van der Waals surface area (Å²) in [6.45, 7) is 0. The molecule has 0 saturated heterocycles. The third-order valence-electron chi connectivity index (χ3n) is 5.36. The maximum absolute atomic E-state index is 12.9. The second-order valence-corrected chi connectivity index (χ2v) is 8.44. The van der Waals surface area contributed by atoms with Crippen LogP contribution in [0, 0.1) is 17.8 Å². The SMILES string of the molecule is O=[S@](Nc1ccccc1)C12CC3CC(CC(C3)C1)C2. The Hall–Kier alpha value is -0.830. The molecule has 5 rings (SSSR count). The second-order valence-electron chi connectivity index (χ2n) is 6.84. The van der Waals surface area contributed by atoms with E-state index in [2.05, 4.69) is 4.72 Å². The van der Waals surface area contributed by atoms with Gasteiger partial charge in [-0.05, 0) is 68.4 Å². The summed E-state index contributed by atoms with van der Waals surface area (Å²) >= 11 is 0. The lowest BCUT2D eigenvalue weighted by molar-refractivity contribution is 0.0363. The highest BCUT2D eigenvalue weighted by molar-refractivity contribution is 7.87. The van der Waals surface area contributed by atoms with E-state index in [0.29, 0.717) is 0 Å². The van der Waals surface area contributed by atoms with E-state index in [4.69, 9.17) is 0 Å². The van der Waals surface area contributed by atoms with Gasteiger partial charge in [-0.25, -0.2) is 4.21 Å². The Morgan fingerprint density at radius 1 is 0.947 bits per heavy atom. The van der Waals surface area contributed by atoms with Crippen LogP contribution in [-0.2, 0) is 11.0 Å². The topological polar surface area (TPSA) is 29.1 Å². The van der Waals surface area contributed by atoms with Crippen molar-refractivity contribution in [1.29, 1.82) is 0 Å². The van der Waals surface area contributed by atoms with Crippen LogP contribution in [0.3, 0.4) is 0 Å². The molecule has 4 fully saturated rings. The fourth-order valence-electron chi connectivity index (χ4n) is 4.98. The van der Waals surface area contributed by atoms with Gasteiger partial charge in [-0.1, -0.05) is 18.2 Å². The Kier molecular flexibility index (Phi) is 2.73. The van der Waals surface area contributed by atoms with Gasteiger partial charge in [-0.2, -0.15) is 0 Å². The van der Waals surface area contributed by atoms with Crippen LogP contribution in [0.4, 0.5) is 5.69 Å². The lowest BCUT2D eigenvalue weighted by atomic mass is 9.56. The van der Waals surface area contributed by atoms with E-state index in [1.807, 2.05) is 30.3 Å². The molecule has 0 amide bonds. The number of hydrogen-bond acceptors (Lipinski definition) is 1. The zero-order valence-corrected chi connectivity index (χ0v) is 12.0. The van der Waals surface area contributed by atoms with Crippen LogP contribution in [0.25, 0.3) is 0 Å². The second kappa shape index (κ2) is 4.34. The van der Waals surface area contributed by atoms with Crippen molar-refractivity contribution in [2.24, 2.45) is 17.8 Å². The van der Waals surface area contributed by atoms with Crippen LogP contribution in [0.2, 0.25) is 0 Å². The predicted molar refractivity (Wildman–Crippen MR) is 79.1 cm³/mol. The van der Waals surface area contributed by atoms with Crippen LogP contribution in [-0.4, -0.2) is 8.96 Å². The zero-order chi connectivity index (χ0) is 12.9. The summed E-state index contributed by atoms with van der Waals surface area (Å²) < 4.78 is 16.2. The van der Waals surface area contributed by atoms with Gasteiger partial charge >= 0.3 is 0 Å². The molecule has 19 heavy (non-hydrogen) atoms. The maximum Gasteiger partial charge on any atom is 0.123 e. The highest BCUT2D eigenvalue weighted by Gasteiger charge is 2.54. The average molecular weight is 275 g/mol. The summed E-state index contributed by atoms with van der Waals surface area (Å²) in [7, 11) is -0.926. The molecule has 2 nitrogen and oxygen atoms in total. The van der Waals surface area contributed by atoms with Crippen molar-refractivity contribution < 1.29 is 4.21 Å². The van der Waals surface area contributed by atoms with Gasteiger partial charge in [-0.3, -0.25) is 0 Å². The van der Waals surface area contributed by atoms with Gasteiger partial charge < -0.3 is 4.72 Å². The largest absolute Gasteiger partial charge is 0.305 e. The average Bonchev–Trinajstić information content (AvgIpc) is 2.38. The highest BCUT2D eigenvalue weighted by atomic mass is 32.2. The predicted octanol–water partition coefficient (Wildman–Crippen LogP) is 3.73.